The van der Waals surface area contributed by atoms with Crippen LogP contribution in [0.4, 0.5) is 13.2 Å². The molecule has 0 saturated heterocycles. The molecule has 0 fully saturated rings. The van der Waals surface area contributed by atoms with Crippen LogP contribution in [0.2, 0.25) is 0 Å². The van der Waals surface area contributed by atoms with Crippen LogP contribution in [0.5, 0.6) is 0 Å². The van der Waals surface area contributed by atoms with E-state index in [4.69, 9.17) is 0 Å². The van der Waals surface area contributed by atoms with Gasteiger partial charge in [-0.15, -0.1) is 0 Å². The maximum atomic E-state index is 12.5. The van der Waals surface area contributed by atoms with Crippen LogP contribution in [0.15, 0.2) is 35.5 Å². The fourth-order valence-electron chi connectivity index (χ4n) is 1.26. The van der Waals surface area contributed by atoms with Gasteiger partial charge in [0.15, 0.2) is 0 Å². The van der Waals surface area contributed by atoms with Crippen molar-refractivity contribution in [1.29, 1.82) is 0 Å². The molecule has 0 radical (unpaired) electrons. The Balaban J connectivity index is 2.96. The van der Waals surface area contributed by atoms with Crippen LogP contribution in [0.1, 0.15) is 13.3 Å². The average molecular weight is 231 g/mol. The summed E-state index contributed by atoms with van der Waals surface area (Å²) in [6, 6.07) is 0. The molecule has 0 unspecified atom stereocenters. The lowest BCUT2D eigenvalue weighted by Crippen LogP contribution is -2.24. The van der Waals surface area contributed by atoms with Crippen LogP contribution in [0.3, 0.4) is 0 Å². The first-order valence-corrected chi connectivity index (χ1v) is 4.88. The van der Waals surface area contributed by atoms with E-state index in [1.807, 2.05) is 0 Å². The van der Waals surface area contributed by atoms with Crippen molar-refractivity contribution < 1.29 is 18.0 Å². The Hall–Kier alpha value is -1.52. The van der Waals surface area contributed by atoms with Crippen LogP contribution >= 0.6 is 0 Å². The zero-order chi connectivity index (χ0) is 12.2. The highest BCUT2D eigenvalue weighted by molar-refractivity contribution is 5.96. The Morgan fingerprint density at radius 1 is 1.50 bits per heavy atom. The summed E-state index contributed by atoms with van der Waals surface area (Å²) in [5, 5.41) is 2.46. The van der Waals surface area contributed by atoms with E-state index in [0.717, 1.165) is 6.08 Å². The lowest BCUT2D eigenvalue weighted by Gasteiger charge is -2.09. The molecule has 2 nitrogen and oxygen atoms in total. The number of amides is 1. The Bertz CT molecular complexity index is 364. The van der Waals surface area contributed by atoms with Crippen LogP contribution in [0, 0.1) is 0 Å². The van der Waals surface area contributed by atoms with E-state index in [-0.39, 0.29) is 12.0 Å². The minimum atomic E-state index is -4.39. The van der Waals surface area contributed by atoms with Gasteiger partial charge in [-0.1, -0.05) is 12.2 Å². The molecular weight excluding hydrogens is 219 g/mol. The van der Waals surface area contributed by atoms with Crippen molar-refractivity contribution in [3.05, 3.63) is 35.5 Å². The van der Waals surface area contributed by atoms with Crippen molar-refractivity contribution in [2.24, 2.45) is 0 Å². The molecule has 1 aliphatic carbocycles. The summed E-state index contributed by atoms with van der Waals surface area (Å²) in [4.78, 5) is 11.4. The molecule has 0 heterocycles. The zero-order valence-corrected chi connectivity index (χ0v) is 8.77. The van der Waals surface area contributed by atoms with Crippen molar-refractivity contribution in [1.82, 2.24) is 5.32 Å². The Labute approximate surface area is 91.5 Å². The Kier molecular flexibility index (Phi) is 3.93. The standard InChI is InChI=1S/C11H12F3NO/c1-2-15-10(16)8-5-3-4-6-9(7-8)11(12,13)14/h3-5,7H,2,6H2,1H3,(H,15,16). The highest BCUT2D eigenvalue weighted by Crippen LogP contribution is 2.30. The number of rotatable bonds is 2. The number of hydrogen-bond acceptors (Lipinski definition) is 1. The van der Waals surface area contributed by atoms with E-state index in [2.05, 4.69) is 5.32 Å². The number of alkyl halides is 3. The lowest BCUT2D eigenvalue weighted by atomic mass is 10.1. The molecule has 1 N–H and O–H groups in total. The number of allylic oxidation sites excluding steroid dienone is 4. The average Bonchev–Trinajstić information content (AvgIpc) is 2.42. The van der Waals surface area contributed by atoms with Crippen molar-refractivity contribution in [2.75, 3.05) is 6.54 Å². The van der Waals surface area contributed by atoms with Crippen molar-refractivity contribution in [2.45, 2.75) is 19.5 Å². The van der Waals surface area contributed by atoms with E-state index in [9.17, 15) is 18.0 Å². The van der Waals surface area contributed by atoms with Crippen LogP contribution in [-0.2, 0) is 4.79 Å². The van der Waals surface area contributed by atoms with E-state index >= 15 is 0 Å². The molecule has 0 aromatic rings. The molecule has 0 saturated carbocycles. The molecule has 5 heteroatoms. The molecule has 16 heavy (non-hydrogen) atoms. The SMILES string of the molecule is CCNC(=O)C1=CC=CCC(C(F)(F)F)=C1. The van der Waals surface area contributed by atoms with Gasteiger partial charge in [-0.25, -0.2) is 0 Å². The van der Waals surface area contributed by atoms with Crippen molar-refractivity contribution in [3.8, 4) is 0 Å². The molecule has 0 spiro atoms. The number of nitrogens with one attached hydrogen (secondary N) is 1. The summed E-state index contributed by atoms with van der Waals surface area (Å²) in [5.74, 6) is -0.490. The topological polar surface area (TPSA) is 29.1 Å². The summed E-state index contributed by atoms with van der Waals surface area (Å²) in [5.41, 5.74) is -0.679. The fraction of sp³-hybridized carbons (Fsp3) is 0.364. The molecule has 0 atom stereocenters. The maximum absolute atomic E-state index is 12.5. The van der Waals surface area contributed by atoms with Crippen LogP contribution in [-0.4, -0.2) is 18.6 Å². The number of halogens is 3. The molecule has 1 amide bonds. The molecule has 1 aliphatic rings. The minimum absolute atomic E-state index is 0.0305. The zero-order valence-electron chi connectivity index (χ0n) is 8.77. The van der Waals surface area contributed by atoms with Gasteiger partial charge >= 0.3 is 6.18 Å². The largest absolute Gasteiger partial charge is 0.413 e. The summed E-state index contributed by atoms with van der Waals surface area (Å²) >= 11 is 0. The lowest BCUT2D eigenvalue weighted by molar-refractivity contribution is -0.117. The number of likely N-dealkylation sites (N-methyl/N-ethyl adjacent to an activating group) is 1. The van der Waals surface area contributed by atoms with Crippen LogP contribution in [0.25, 0.3) is 0 Å². The second-order valence-electron chi connectivity index (χ2n) is 3.28. The smallest absolute Gasteiger partial charge is 0.352 e. The van der Waals surface area contributed by atoms with E-state index in [1.165, 1.54) is 18.2 Å². The summed E-state index contributed by atoms with van der Waals surface area (Å²) in [7, 11) is 0. The van der Waals surface area contributed by atoms with Gasteiger partial charge in [0.1, 0.15) is 0 Å². The van der Waals surface area contributed by atoms with Crippen molar-refractivity contribution in [3.63, 3.8) is 0 Å². The third-order valence-corrected chi connectivity index (χ3v) is 2.04. The quantitative estimate of drug-likeness (QED) is 0.777. The molecule has 0 aromatic carbocycles. The van der Waals surface area contributed by atoms with Crippen molar-refractivity contribution >= 4 is 5.91 Å². The summed E-state index contributed by atoms with van der Waals surface area (Å²) in [6.07, 6.45) is 0.517. The molecule has 88 valence electrons. The minimum Gasteiger partial charge on any atom is -0.352 e. The first-order valence-electron chi connectivity index (χ1n) is 4.88. The Morgan fingerprint density at radius 3 is 2.75 bits per heavy atom. The fourth-order valence-corrected chi connectivity index (χ4v) is 1.26. The molecule has 0 aromatic heterocycles. The number of carbonyl (C=O) groups excluding carboxylic acids is 1. The number of carbonyl (C=O) groups is 1. The third kappa shape index (κ3) is 3.25. The predicted octanol–water partition coefficient (Wildman–Crippen LogP) is 2.50. The second-order valence-corrected chi connectivity index (χ2v) is 3.28. The van der Waals surface area contributed by atoms with E-state index in [1.54, 1.807) is 6.92 Å². The Morgan fingerprint density at radius 2 is 2.19 bits per heavy atom. The maximum Gasteiger partial charge on any atom is 0.413 e. The first-order chi connectivity index (χ1) is 7.45. The van der Waals surface area contributed by atoms with Gasteiger partial charge in [-0.3, -0.25) is 4.79 Å². The van der Waals surface area contributed by atoms with Gasteiger partial charge in [0, 0.05) is 17.7 Å². The first kappa shape index (κ1) is 12.5. The van der Waals surface area contributed by atoms with Gasteiger partial charge in [0.05, 0.1) is 0 Å². The van der Waals surface area contributed by atoms with Gasteiger partial charge in [0.25, 0.3) is 5.91 Å². The highest BCUT2D eigenvalue weighted by atomic mass is 19.4. The summed E-state index contributed by atoms with van der Waals surface area (Å²) < 4.78 is 37.5. The second kappa shape index (κ2) is 5.01. The normalized spacial score (nSPS) is 16.2. The molecule has 0 aliphatic heterocycles. The molecular formula is C11H12F3NO. The third-order valence-electron chi connectivity index (χ3n) is 2.04. The van der Waals surface area contributed by atoms with Gasteiger partial charge < -0.3 is 5.32 Å². The van der Waals surface area contributed by atoms with Gasteiger partial charge in [-0.05, 0) is 25.5 Å². The number of hydrogen-bond donors (Lipinski definition) is 1. The van der Waals surface area contributed by atoms with Gasteiger partial charge in [-0.2, -0.15) is 13.2 Å². The highest BCUT2D eigenvalue weighted by Gasteiger charge is 2.33. The van der Waals surface area contributed by atoms with Crippen LogP contribution < -0.4 is 5.32 Å². The summed E-state index contributed by atoms with van der Waals surface area (Å²) in [6.45, 7) is 2.09. The van der Waals surface area contributed by atoms with E-state index in [0.29, 0.717) is 6.54 Å². The predicted molar refractivity (Wildman–Crippen MR) is 54.7 cm³/mol. The monoisotopic (exact) mass is 231 g/mol. The van der Waals surface area contributed by atoms with E-state index < -0.39 is 17.7 Å². The van der Waals surface area contributed by atoms with Gasteiger partial charge in [0.2, 0.25) is 0 Å². The molecule has 0 bridgehead atoms. The molecule has 1 rings (SSSR count).